The molecule has 0 fully saturated rings. The molecule has 0 saturated heterocycles. The van der Waals surface area contributed by atoms with Crippen molar-refractivity contribution in [3.63, 3.8) is 0 Å². The van der Waals surface area contributed by atoms with E-state index in [1.165, 1.54) is 0 Å². The third-order valence-electron chi connectivity index (χ3n) is 2.61. The van der Waals surface area contributed by atoms with E-state index in [1.807, 2.05) is 48.5 Å². The van der Waals surface area contributed by atoms with E-state index >= 15 is 0 Å². The molecule has 0 aliphatic heterocycles. The van der Waals surface area contributed by atoms with E-state index in [1.54, 1.807) is 6.07 Å². The van der Waals surface area contributed by atoms with Crippen LogP contribution in [-0.4, -0.2) is 5.16 Å². The third-order valence-corrected chi connectivity index (χ3v) is 2.61. The highest BCUT2D eigenvalue weighted by Gasteiger charge is 2.01. The molecule has 0 unspecified atom stereocenters. The van der Waals surface area contributed by atoms with Crippen molar-refractivity contribution in [1.82, 2.24) is 5.16 Å². The predicted molar refractivity (Wildman–Crippen MR) is 68.5 cm³/mol. The molecule has 1 aromatic heterocycles. The molecular formula is C14H10N2O2. The van der Waals surface area contributed by atoms with Crippen LogP contribution in [0.25, 0.3) is 11.0 Å². The van der Waals surface area contributed by atoms with Gasteiger partial charge in [-0.05, 0) is 24.3 Å². The molecule has 0 radical (unpaired) electrons. The number of hydrogen-bond acceptors (Lipinski definition) is 3. The van der Waals surface area contributed by atoms with E-state index in [2.05, 4.69) is 10.1 Å². The van der Waals surface area contributed by atoms with Crippen molar-refractivity contribution in [1.29, 1.82) is 0 Å². The SMILES string of the molecule is O=c1[nH]oc2ccccc2c1=Nc1ccccc1. The monoisotopic (exact) mass is 238 g/mol. The molecule has 0 aliphatic rings. The summed E-state index contributed by atoms with van der Waals surface area (Å²) in [6.45, 7) is 0. The molecule has 88 valence electrons. The third kappa shape index (κ3) is 1.84. The first-order valence-corrected chi connectivity index (χ1v) is 5.55. The van der Waals surface area contributed by atoms with E-state index in [9.17, 15) is 4.79 Å². The zero-order valence-corrected chi connectivity index (χ0v) is 9.46. The summed E-state index contributed by atoms with van der Waals surface area (Å²) in [5, 5.41) is 3.40. The Bertz CT molecular complexity index is 801. The minimum atomic E-state index is -0.336. The van der Waals surface area contributed by atoms with Crippen LogP contribution in [0.5, 0.6) is 0 Å². The molecule has 0 spiro atoms. The highest BCUT2D eigenvalue weighted by molar-refractivity contribution is 5.75. The zero-order chi connectivity index (χ0) is 12.4. The van der Waals surface area contributed by atoms with E-state index in [-0.39, 0.29) is 5.56 Å². The van der Waals surface area contributed by atoms with Crippen LogP contribution in [0.2, 0.25) is 0 Å². The first kappa shape index (κ1) is 10.5. The molecule has 3 rings (SSSR count). The second kappa shape index (κ2) is 4.33. The molecule has 0 atom stereocenters. The van der Waals surface area contributed by atoms with Crippen molar-refractivity contribution in [2.24, 2.45) is 4.99 Å². The van der Waals surface area contributed by atoms with Gasteiger partial charge in [-0.15, -0.1) is 0 Å². The Kier molecular flexibility index (Phi) is 2.53. The minimum absolute atomic E-state index is 0.336. The summed E-state index contributed by atoms with van der Waals surface area (Å²) < 4.78 is 5.12. The fraction of sp³-hybridized carbons (Fsp3) is 0. The number of aromatic nitrogens is 1. The highest BCUT2D eigenvalue weighted by Crippen LogP contribution is 2.10. The lowest BCUT2D eigenvalue weighted by Gasteiger charge is -1.96. The van der Waals surface area contributed by atoms with Crippen LogP contribution < -0.4 is 10.9 Å². The molecule has 0 saturated carbocycles. The Morgan fingerprint density at radius 2 is 1.67 bits per heavy atom. The number of nitrogens with one attached hydrogen (secondary N) is 1. The van der Waals surface area contributed by atoms with E-state index in [4.69, 9.17) is 4.52 Å². The predicted octanol–water partition coefficient (Wildman–Crippen LogP) is 2.35. The maximum Gasteiger partial charge on any atom is 0.303 e. The van der Waals surface area contributed by atoms with Crippen molar-refractivity contribution in [3.8, 4) is 0 Å². The normalized spacial score (nSPS) is 11.9. The largest absolute Gasteiger partial charge is 0.378 e. The number of para-hydroxylation sites is 2. The number of fused-ring (bicyclic) bond motifs is 1. The lowest BCUT2D eigenvalue weighted by Crippen LogP contribution is -2.27. The molecular weight excluding hydrogens is 228 g/mol. The maximum absolute atomic E-state index is 11.8. The van der Waals surface area contributed by atoms with Crippen LogP contribution in [0.3, 0.4) is 0 Å². The van der Waals surface area contributed by atoms with E-state index < -0.39 is 0 Å². The Labute approximate surface area is 102 Å². The molecule has 2 aromatic carbocycles. The smallest absolute Gasteiger partial charge is 0.303 e. The minimum Gasteiger partial charge on any atom is -0.378 e. The Morgan fingerprint density at radius 3 is 2.50 bits per heavy atom. The molecule has 3 aromatic rings. The number of benzene rings is 2. The Morgan fingerprint density at radius 1 is 0.944 bits per heavy atom. The van der Waals surface area contributed by atoms with Crippen LogP contribution in [0.1, 0.15) is 0 Å². The van der Waals surface area contributed by atoms with Gasteiger partial charge in [0, 0.05) is 0 Å². The number of aromatic amines is 1. The first-order chi connectivity index (χ1) is 8.84. The molecule has 4 heteroatoms. The average Bonchev–Trinajstić information content (AvgIpc) is 2.43. The lowest BCUT2D eigenvalue weighted by molar-refractivity contribution is 0.429. The van der Waals surface area contributed by atoms with Gasteiger partial charge in [0.05, 0.1) is 11.1 Å². The van der Waals surface area contributed by atoms with Crippen LogP contribution in [0.15, 0.2) is 68.9 Å². The van der Waals surface area contributed by atoms with Gasteiger partial charge in [0.1, 0.15) is 5.36 Å². The summed E-state index contributed by atoms with van der Waals surface area (Å²) in [5.41, 5.74) is 1.00. The second-order valence-electron chi connectivity index (χ2n) is 3.83. The molecule has 18 heavy (non-hydrogen) atoms. The van der Waals surface area contributed by atoms with Crippen LogP contribution in [0, 0.1) is 0 Å². The Hall–Kier alpha value is -2.62. The van der Waals surface area contributed by atoms with Crippen LogP contribution in [-0.2, 0) is 0 Å². The van der Waals surface area contributed by atoms with Crippen molar-refractivity contribution < 1.29 is 4.52 Å². The maximum atomic E-state index is 11.8. The number of hydrogen-bond donors (Lipinski definition) is 1. The first-order valence-electron chi connectivity index (χ1n) is 5.55. The lowest BCUT2D eigenvalue weighted by atomic mass is 10.2. The summed E-state index contributed by atoms with van der Waals surface area (Å²) in [5.74, 6) is 0. The summed E-state index contributed by atoms with van der Waals surface area (Å²) in [6, 6.07) is 16.6. The van der Waals surface area contributed by atoms with Gasteiger partial charge >= 0.3 is 5.56 Å². The summed E-state index contributed by atoms with van der Waals surface area (Å²) in [7, 11) is 0. The van der Waals surface area contributed by atoms with E-state index in [0.29, 0.717) is 16.3 Å². The fourth-order valence-electron chi connectivity index (χ4n) is 1.77. The summed E-state index contributed by atoms with van der Waals surface area (Å²) in [4.78, 5) is 16.2. The number of H-pyrrole nitrogens is 1. The van der Waals surface area contributed by atoms with Crippen molar-refractivity contribution in [2.45, 2.75) is 0 Å². The van der Waals surface area contributed by atoms with Gasteiger partial charge in [-0.25, -0.2) is 4.99 Å². The van der Waals surface area contributed by atoms with Gasteiger partial charge < -0.3 is 4.52 Å². The van der Waals surface area contributed by atoms with Gasteiger partial charge in [-0.2, -0.15) is 5.16 Å². The Balaban J connectivity index is 2.38. The fourth-order valence-corrected chi connectivity index (χ4v) is 1.77. The van der Waals surface area contributed by atoms with Crippen molar-refractivity contribution in [3.05, 3.63) is 70.3 Å². The van der Waals surface area contributed by atoms with Gasteiger partial charge in [0.15, 0.2) is 5.58 Å². The average molecular weight is 238 g/mol. The van der Waals surface area contributed by atoms with Crippen LogP contribution in [0.4, 0.5) is 5.69 Å². The van der Waals surface area contributed by atoms with Crippen molar-refractivity contribution in [2.75, 3.05) is 0 Å². The zero-order valence-electron chi connectivity index (χ0n) is 9.46. The van der Waals surface area contributed by atoms with E-state index in [0.717, 1.165) is 5.69 Å². The number of nitrogens with zero attached hydrogens (tertiary/aromatic N) is 1. The topological polar surface area (TPSA) is 58.4 Å². The molecule has 1 heterocycles. The number of rotatable bonds is 1. The molecule has 1 N–H and O–H groups in total. The summed E-state index contributed by atoms with van der Waals surface area (Å²) >= 11 is 0. The molecule has 0 aliphatic carbocycles. The highest BCUT2D eigenvalue weighted by atomic mass is 16.5. The van der Waals surface area contributed by atoms with Gasteiger partial charge in [0.2, 0.25) is 0 Å². The van der Waals surface area contributed by atoms with Crippen molar-refractivity contribution >= 4 is 16.7 Å². The standard InChI is InChI=1S/C14H10N2O2/c17-14-13(15-10-6-2-1-3-7-10)11-8-4-5-9-12(11)18-16-14/h1-9H,(H,16,17). The quantitative estimate of drug-likeness (QED) is 0.707. The molecule has 0 amide bonds. The van der Waals surface area contributed by atoms with Gasteiger partial charge in [-0.3, -0.25) is 4.79 Å². The molecule has 0 bridgehead atoms. The van der Waals surface area contributed by atoms with Gasteiger partial charge in [0.25, 0.3) is 0 Å². The summed E-state index contributed by atoms with van der Waals surface area (Å²) in [6.07, 6.45) is 0. The van der Waals surface area contributed by atoms with Gasteiger partial charge in [-0.1, -0.05) is 30.3 Å². The second-order valence-corrected chi connectivity index (χ2v) is 3.83. The van der Waals surface area contributed by atoms with Crippen LogP contribution >= 0.6 is 0 Å². The molecule has 4 nitrogen and oxygen atoms in total.